The summed E-state index contributed by atoms with van der Waals surface area (Å²) in [5.41, 5.74) is 1.12. The summed E-state index contributed by atoms with van der Waals surface area (Å²) in [6.45, 7) is 1.99. The molecule has 2 aliphatic rings. The summed E-state index contributed by atoms with van der Waals surface area (Å²) in [4.78, 5) is 17.7. The van der Waals surface area contributed by atoms with Crippen molar-refractivity contribution in [2.45, 2.75) is 13.1 Å². The van der Waals surface area contributed by atoms with Gasteiger partial charge < -0.3 is 9.84 Å². The highest BCUT2D eigenvalue weighted by Crippen LogP contribution is 2.35. The first-order chi connectivity index (χ1) is 13.5. The number of fused-ring (bicyclic) bond motifs is 2. The van der Waals surface area contributed by atoms with E-state index in [-0.39, 0.29) is 11.7 Å². The van der Waals surface area contributed by atoms with Crippen molar-refractivity contribution in [3.63, 3.8) is 0 Å². The Morgan fingerprint density at radius 3 is 2.86 bits per heavy atom. The summed E-state index contributed by atoms with van der Waals surface area (Å²) >= 11 is 4.90. The second-order valence-corrected chi connectivity index (χ2v) is 8.25. The van der Waals surface area contributed by atoms with Crippen LogP contribution in [0.5, 0.6) is 11.5 Å². The predicted molar refractivity (Wildman–Crippen MR) is 111 cm³/mol. The van der Waals surface area contributed by atoms with E-state index in [1.54, 1.807) is 17.1 Å². The van der Waals surface area contributed by atoms with Gasteiger partial charge in [0, 0.05) is 15.3 Å². The van der Waals surface area contributed by atoms with Gasteiger partial charge in [0.15, 0.2) is 22.8 Å². The molecule has 1 unspecified atom stereocenters. The van der Waals surface area contributed by atoms with Crippen LogP contribution in [0.2, 0.25) is 0 Å². The molecule has 4 rings (SSSR count). The van der Waals surface area contributed by atoms with Crippen molar-refractivity contribution in [2.24, 2.45) is 10.1 Å². The number of benzene rings is 2. The number of methoxy groups -OCH3 is 1. The van der Waals surface area contributed by atoms with Crippen molar-refractivity contribution >= 4 is 44.5 Å². The average Bonchev–Trinajstić information content (AvgIpc) is 2.67. The number of ether oxygens (including phenoxy) is 1. The van der Waals surface area contributed by atoms with Crippen molar-refractivity contribution in [3.8, 4) is 11.5 Å². The van der Waals surface area contributed by atoms with Crippen LogP contribution in [0.25, 0.3) is 5.70 Å². The molecular weight excluding hydrogens is 444 g/mol. The van der Waals surface area contributed by atoms with Gasteiger partial charge in [0.05, 0.1) is 12.5 Å². The zero-order chi connectivity index (χ0) is 19.8. The van der Waals surface area contributed by atoms with Gasteiger partial charge in [-0.15, -0.1) is 5.10 Å². The average molecular weight is 461 g/mol. The highest BCUT2D eigenvalue weighted by molar-refractivity contribution is 9.10. The van der Waals surface area contributed by atoms with Crippen LogP contribution in [0.3, 0.4) is 0 Å². The molecule has 2 aliphatic heterocycles. The highest BCUT2D eigenvalue weighted by Gasteiger charge is 2.34. The number of hydrogen-bond acceptors (Lipinski definition) is 7. The van der Waals surface area contributed by atoms with Crippen LogP contribution in [0.4, 0.5) is 0 Å². The fraction of sp³-hybridized carbons (Fsp3) is 0.211. The molecule has 0 bridgehead atoms. The van der Waals surface area contributed by atoms with Gasteiger partial charge in [-0.3, -0.25) is 15.1 Å². The van der Waals surface area contributed by atoms with Gasteiger partial charge >= 0.3 is 0 Å². The number of amides is 1. The Kier molecular flexibility index (Phi) is 5.03. The van der Waals surface area contributed by atoms with E-state index in [0.29, 0.717) is 32.8 Å². The van der Waals surface area contributed by atoms with Crippen molar-refractivity contribution in [1.82, 2.24) is 10.3 Å². The number of hydrogen-bond donors (Lipinski definition) is 2. The van der Waals surface area contributed by atoms with Crippen LogP contribution < -0.4 is 20.6 Å². The highest BCUT2D eigenvalue weighted by atomic mass is 79.9. The minimum absolute atomic E-state index is 0.00644. The molecular formula is C19H17BrN4O3S. The van der Waals surface area contributed by atoms with Gasteiger partial charge in [-0.25, -0.2) is 5.01 Å². The Bertz CT molecular complexity index is 1120. The van der Waals surface area contributed by atoms with Crippen LogP contribution in [0, 0.1) is 0 Å². The number of rotatable bonds is 3. The monoisotopic (exact) mass is 460 g/mol. The Morgan fingerprint density at radius 2 is 2.14 bits per heavy atom. The zero-order valence-electron chi connectivity index (χ0n) is 15.1. The molecule has 0 fully saturated rings. The van der Waals surface area contributed by atoms with Gasteiger partial charge in [0.1, 0.15) is 5.70 Å². The van der Waals surface area contributed by atoms with E-state index in [1.807, 2.05) is 31.2 Å². The van der Waals surface area contributed by atoms with Gasteiger partial charge in [-0.1, -0.05) is 40.7 Å². The molecule has 0 saturated heterocycles. The van der Waals surface area contributed by atoms with Gasteiger partial charge in [-0.2, -0.15) is 0 Å². The Balaban J connectivity index is 1.94. The van der Waals surface area contributed by atoms with Gasteiger partial charge in [0.25, 0.3) is 5.91 Å². The van der Waals surface area contributed by atoms with E-state index in [0.717, 1.165) is 10.2 Å². The molecule has 1 amide bonds. The summed E-state index contributed by atoms with van der Waals surface area (Å²) in [6.07, 6.45) is -0.584. The maximum atomic E-state index is 12.9. The van der Waals surface area contributed by atoms with Crippen LogP contribution in [0.1, 0.15) is 18.7 Å². The van der Waals surface area contributed by atoms with Crippen LogP contribution in [-0.4, -0.2) is 34.1 Å². The van der Waals surface area contributed by atoms with Crippen molar-refractivity contribution < 1.29 is 14.6 Å². The van der Waals surface area contributed by atoms with Gasteiger partial charge in [0.2, 0.25) is 0 Å². The lowest BCUT2D eigenvalue weighted by atomic mass is 10.1. The van der Waals surface area contributed by atoms with E-state index >= 15 is 0 Å². The third-order valence-electron chi connectivity index (χ3n) is 4.35. The second kappa shape index (κ2) is 7.48. The van der Waals surface area contributed by atoms with E-state index in [1.165, 1.54) is 18.9 Å². The molecule has 2 aromatic carbocycles. The number of carbonyl (C=O) groups is 1. The van der Waals surface area contributed by atoms with Crippen LogP contribution in [0.15, 0.2) is 51.0 Å². The SMILES string of the molecule is CCSC1=NN2C(=c3cc(Br)ccc3=NC2c2ccc(OC)c(O)c2)C(=O)N1. The number of nitrogens with one attached hydrogen (secondary N) is 1. The summed E-state index contributed by atoms with van der Waals surface area (Å²) in [6, 6.07) is 10.7. The third kappa shape index (κ3) is 3.24. The molecule has 144 valence electrons. The Labute approximate surface area is 173 Å². The first kappa shape index (κ1) is 18.8. The number of amidine groups is 1. The van der Waals surface area contributed by atoms with Crippen molar-refractivity contribution in [3.05, 3.63) is 57.0 Å². The number of carbonyl (C=O) groups excluding carboxylic acids is 1. The first-order valence-electron chi connectivity index (χ1n) is 8.58. The lowest BCUT2D eigenvalue weighted by Crippen LogP contribution is -2.50. The topological polar surface area (TPSA) is 86.5 Å². The molecule has 0 saturated carbocycles. The summed E-state index contributed by atoms with van der Waals surface area (Å²) in [5, 5.41) is 21.2. The van der Waals surface area contributed by atoms with E-state index in [2.05, 4.69) is 26.3 Å². The molecule has 0 aromatic heterocycles. The minimum atomic E-state index is -0.584. The quantitative estimate of drug-likeness (QED) is 0.731. The fourth-order valence-electron chi connectivity index (χ4n) is 3.14. The maximum absolute atomic E-state index is 12.9. The third-order valence-corrected chi connectivity index (χ3v) is 5.59. The van der Waals surface area contributed by atoms with Crippen molar-refractivity contribution in [2.75, 3.05) is 12.9 Å². The largest absolute Gasteiger partial charge is 0.504 e. The normalized spacial score (nSPS) is 17.9. The van der Waals surface area contributed by atoms with Crippen LogP contribution in [-0.2, 0) is 4.79 Å². The number of phenolic OH excluding ortho intramolecular Hbond substituents is 1. The number of aromatic hydroxyl groups is 1. The predicted octanol–water partition coefficient (Wildman–Crippen LogP) is 2.06. The Hall–Kier alpha value is -2.52. The molecule has 0 spiro atoms. The molecule has 0 radical (unpaired) electrons. The van der Waals surface area contributed by atoms with E-state index in [4.69, 9.17) is 9.73 Å². The fourth-order valence-corrected chi connectivity index (χ4v) is 4.08. The van der Waals surface area contributed by atoms with E-state index in [9.17, 15) is 9.90 Å². The molecule has 1 atom stereocenters. The molecule has 9 heteroatoms. The lowest BCUT2D eigenvalue weighted by Gasteiger charge is -2.34. The first-order valence-corrected chi connectivity index (χ1v) is 10.4. The molecule has 2 N–H and O–H groups in total. The number of nitrogens with zero attached hydrogens (tertiary/aromatic N) is 3. The summed E-state index contributed by atoms with van der Waals surface area (Å²) < 4.78 is 5.98. The Morgan fingerprint density at radius 1 is 1.32 bits per heavy atom. The number of thioether (sulfide) groups is 1. The number of halogens is 1. The molecule has 0 aliphatic carbocycles. The standard InChI is InChI=1S/C19H17BrN4O3S/c1-3-28-19-22-18(26)16-12-9-11(20)5-6-13(12)21-17(24(16)23-19)10-4-7-15(27-2)14(25)8-10/h4-9,17,25H,3H2,1-2H3,(H,22,23,26). The zero-order valence-corrected chi connectivity index (χ0v) is 17.5. The van der Waals surface area contributed by atoms with Crippen molar-refractivity contribution in [1.29, 1.82) is 0 Å². The smallest absolute Gasteiger partial charge is 0.276 e. The number of phenols is 1. The van der Waals surface area contributed by atoms with Crippen LogP contribution >= 0.6 is 27.7 Å². The maximum Gasteiger partial charge on any atom is 0.276 e. The summed E-state index contributed by atoms with van der Waals surface area (Å²) in [5.74, 6) is 0.917. The van der Waals surface area contributed by atoms with Gasteiger partial charge in [-0.05, 0) is 36.1 Å². The van der Waals surface area contributed by atoms with E-state index < -0.39 is 6.17 Å². The lowest BCUT2D eigenvalue weighted by molar-refractivity contribution is -0.116. The molecule has 28 heavy (non-hydrogen) atoms. The summed E-state index contributed by atoms with van der Waals surface area (Å²) in [7, 11) is 1.49. The molecule has 2 aromatic rings. The minimum Gasteiger partial charge on any atom is -0.504 e. The molecule has 7 nitrogen and oxygen atoms in total. The second-order valence-electron chi connectivity index (χ2n) is 6.08. The number of hydrazone groups is 1. The molecule has 2 heterocycles.